The minimum atomic E-state index is 0.137. The first-order valence-corrected chi connectivity index (χ1v) is 7.06. The fourth-order valence-electron chi connectivity index (χ4n) is 3.09. The Morgan fingerprint density at radius 3 is 2.71 bits per heavy atom. The SMILES string of the molecule is CN(C)c1nc(N)nc(/C(C#N)=C/C2CC3C=CC2C3)n1. The number of rotatable bonds is 3. The quantitative estimate of drug-likeness (QED) is 0.669. The van der Waals surface area contributed by atoms with Crippen LogP contribution in [0.4, 0.5) is 11.9 Å². The Kier molecular flexibility index (Phi) is 3.34. The molecule has 1 aromatic heterocycles. The van der Waals surface area contributed by atoms with Crippen molar-refractivity contribution in [3.63, 3.8) is 0 Å². The number of hydrogen-bond acceptors (Lipinski definition) is 6. The molecular formula is C15H18N6. The Morgan fingerprint density at radius 1 is 1.33 bits per heavy atom. The van der Waals surface area contributed by atoms with Crippen LogP contribution in [0.25, 0.3) is 5.57 Å². The molecule has 0 radical (unpaired) electrons. The molecule has 2 bridgehead atoms. The Labute approximate surface area is 124 Å². The summed E-state index contributed by atoms with van der Waals surface area (Å²) < 4.78 is 0. The zero-order valence-corrected chi connectivity index (χ0v) is 12.2. The van der Waals surface area contributed by atoms with Gasteiger partial charge in [-0.05, 0) is 30.6 Å². The number of nitriles is 1. The van der Waals surface area contributed by atoms with Gasteiger partial charge >= 0.3 is 0 Å². The third-order valence-corrected chi connectivity index (χ3v) is 4.11. The molecule has 1 aromatic rings. The number of hydrogen-bond donors (Lipinski definition) is 1. The summed E-state index contributed by atoms with van der Waals surface area (Å²) in [7, 11) is 3.66. The van der Waals surface area contributed by atoms with Gasteiger partial charge in [-0.25, -0.2) is 0 Å². The number of nitrogens with zero attached hydrogens (tertiary/aromatic N) is 5. The number of fused-ring (bicyclic) bond motifs is 2. The maximum absolute atomic E-state index is 9.44. The first-order valence-electron chi connectivity index (χ1n) is 7.06. The van der Waals surface area contributed by atoms with Gasteiger partial charge in [0.1, 0.15) is 6.07 Å². The second kappa shape index (κ2) is 5.17. The zero-order chi connectivity index (χ0) is 15.0. The van der Waals surface area contributed by atoms with Gasteiger partial charge in [0.2, 0.25) is 11.9 Å². The van der Waals surface area contributed by atoms with Gasteiger partial charge in [0.25, 0.3) is 0 Å². The Morgan fingerprint density at radius 2 is 2.14 bits per heavy atom. The van der Waals surface area contributed by atoms with Gasteiger partial charge in [-0.2, -0.15) is 20.2 Å². The summed E-state index contributed by atoms with van der Waals surface area (Å²) in [4.78, 5) is 14.2. The average molecular weight is 282 g/mol. The molecular weight excluding hydrogens is 264 g/mol. The highest BCUT2D eigenvalue weighted by atomic mass is 15.3. The topological polar surface area (TPSA) is 91.7 Å². The van der Waals surface area contributed by atoms with Gasteiger partial charge in [0.05, 0.1) is 5.57 Å². The van der Waals surface area contributed by atoms with Crippen LogP contribution in [0.15, 0.2) is 18.2 Å². The van der Waals surface area contributed by atoms with Crippen LogP contribution in [0, 0.1) is 29.1 Å². The van der Waals surface area contributed by atoms with Crippen molar-refractivity contribution in [3.05, 3.63) is 24.1 Å². The molecule has 1 fully saturated rings. The summed E-state index contributed by atoms with van der Waals surface area (Å²) in [6.45, 7) is 0. The van der Waals surface area contributed by atoms with Crippen LogP contribution in [-0.2, 0) is 0 Å². The molecule has 3 unspecified atom stereocenters. The van der Waals surface area contributed by atoms with Gasteiger partial charge in [-0.3, -0.25) is 0 Å². The number of nitrogen functional groups attached to an aromatic ring is 1. The normalized spacial score (nSPS) is 26.9. The first kappa shape index (κ1) is 13.6. The maximum atomic E-state index is 9.44. The van der Waals surface area contributed by atoms with E-state index in [1.165, 1.54) is 6.42 Å². The molecule has 1 heterocycles. The minimum Gasteiger partial charge on any atom is -0.368 e. The molecule has 3 rings (SSSR count). The van der Waals surface area contributed by atoms with Crippen molar-refractivity contribution in [1.29, 1.82) is 5.26 Å². The highest BCUT2D eigenvalue weighted by Crippen LogP contribution is 2.44. The molecule has 3 atom stereocenters. The van der Waals surface area contributed by atoms with Crippen LogP contribution >= 0.6 is 0 Å². The largest absolute Gasteiger partial charge is 0.368 e. The van der Waals surface area contributed by atoms with E-state index in [9.17, 15) is 5.26 Å². The molecule has 0 amide bonds. The maximum Gasteiger partial charge on any atom is 0.230 e. The van der Waals surface area contributed by atoms with Crippen LogP contribution in [0.2, 0.25) is 0 Å². The van der Waals surface area contributed by atoms with Crippen molar-refractivity contribution in [1.82, 2.24) is 15.0 Å². The lowest BCUT2D eigenvalue weighted by atomic mass is 9.91. The van der Waals surface area contributed by atoms with Crippen molar-refractivity contribution in [2.75, 3.05) is 24.7 Å². The lowest BCUT2D eigenvalue weighted by Gasteiger charge is -2.15. The molecule has 0 aromatic carbocycles. The third-order valence-electron chi connectivity index (χ3n) is 4.11. The van der Waals surface area contributed by atoms with E-state index in [2.05, 4.69) is 33.2 Å². The minimum absolute atomic E-state index is 0.137. The van der Waals surface area contributed by atoms with E-state index in [0.717, 1.165) is 6.42 Å². The van der Waals surface area contributed by atoms with Gasteiger partial charge in [-0.1, -0.05) is 18.2 Å². The van der Waals surface area contributed by atoms with Crippen LogP contribution in [-0.4, -0.2) is 29.0 Å². The third kappa shape index (κ3) is 2.59. The average Bonchev–Trinajstić information content (AvgIpc) is 3.06. The second-order valence-corrected chi connectivity index (χ2v) is 5.85. The smallest absolute Gasteiger partial charge is 0.230 e. The summed E-state index contributed by atoms with van der Waals surface area (Å²) >= 11 is 0. The van der Waals surface area contributed by atoms with Crippen molar-refractivity contribution in [2.24, 2.45) is 17.8 Å². The molecule has 2 N–H and O–H groups in total. The lowest BCUT2D eigenvalue weighted by molar-refractivity contribution is 0.551. The Bertz CT molecular complexity index is 655. The Hall–Kier alpha value is -2.42. The molecule has 21 heavy (non-hydrogen) atoms. The fraction of sp³-hybridized carbons (Fsp3) is 0.467. The summed E-state index contributed by atoms with van der Waals surface area (Å²) in [5.41, 5.74) is 6.21. The molecule has 0 aliphatic heterocycles. The summed E-state index contributed by atoms with van der Waals surface area (Å²) in [5, 5.41) is 9.44. The number of aromatic nitrogens is 3. The zero-order valence-electron chi connectivity index (χ0n) is 12.2. The molecule has 0 saturated heterocycles. The van der Waals surface area contributed by atoms with Crippen molar-refractivity contribution in [3.8, 4) is 6.07 Å². The fourth-order valence-corrected chi connectivity index (χ4v) is 3.09. The molecule has 2 aliphatic rings. The van der Waals surface area contributed by atoms with Gasteiger partial charge < -0.3 is 10.6 Å². The van der Waals surface area contributed by atoms with Crippen LogP contribution in [0.3, 0.4) is 0 Å². The van der Waals surface area contributed by atoms with Gasteiger partial charge in [0.15, 0.2) is 5.82 Å². The first-order chi connectivity index (χ1) is 10.1. The van der Waals surface area contributed by atoms with Crippen molar-refractivity contribution < 1.29 is 0 Å². The van der Waals surface area contributed by atoms with E-state index in [-0.39, 0.29) is 5.95 Å². The van der Waals surface area contributed by atoms with Crippen molar-refractivity contribution in [2.45, 2.75) is 12.8 Å². The number of nitrogens with two attached hydrogens (primary N) is 1. The molecule has 6 nitrogen and oxygen atoms in total. The number of anilines is 2. The summed E-state index contributed by atoms with van der Waals surface area (Å²) in [6.07, 6.45) is 8.85. The van der Waals surface area contributed by atoms with E-state index in [0.29, 0.717) is 35.1 Å². The van der Waals surface area contributed by atoms with Crippen LogP contribution < -0.4 is 10.6 Å². The molecule has 6 heteroatoms. The van der Waals surface area contributed by atoms with Crippen LogP contribution in [0.5, 0.6) is 0 Å². The highest BCUT2D eigenvalue weighted by Gasteiger charge is 2.34. The Balaban J connectivity index is 1.93. The monoisotopic (exact) mass is 282 g/mol. The van der Waals surface area contributed by atoms with E-state index >= 15 is 0 Å². The molecule has 1 saturated carbocycles. The van der Waals surface area contributed by atoms with Crippen LogP contribution in [0.1, 0.15) is 18.7 Å². The standard InChI is InChI=1S/C15H18N6/c1-21(2)15-19-13(18-14(17)20-15)12(8-16)7-11-6-9-3-4-10(11)5-9/h3-4,7,9-11H,5-6H2,1-2H3,(H2,17,18,19,20)/b12-7+. The van der Waals surface area contributed by atoms with E-state index in [4.69, 9.17) is 5.73 Å². The van der Waals surface area contributed by atoms with E-state index in [1.54, 1.807) is 4.90 Å². The number of allylic oxidation sites excluding steroid dienone is 4. The van der Waals surface area contributed by atoms with Gasteiger partial charge in [0, 0.05) is 14.1 Å². The summed E-state index contributed by atoms with van der Waals surface area (Å²) in [6, 6.07) is 2.21. The summed E-state index contributed by atoms with van der Waals surface area (Å²) in [5.74, 6) is 2.57. The predicted octanol–water partition coefficient (Wildman–Crippen LogP) is 1.64. The van der Waals surface area contributed by atoms with Gasteiger partial charge in [-0.15, -0.1) is 0 Å². The molecule has 2 aliphatic carbocycles. The lowest BCUT2D eigenvalue weighted by Crippen LogP contribution is -2.16. The predicted molar refractivity (Wildman–Crippen MR) is 81.0 cm³/mol. The molecule has 0 spiro atoms. The highest BCUT2D eigenvalue weighted by molar-refractivity contribution is 5.73. The second-order valence-electron chi connectivity index (χ2n) is 5.85. The molecule has 108 valence electrons. The van der Waals surface area contributed by atoms with E-state index in [1.807, 2.05) is 20.2 Å². The van der Waals surface area contributed by atoms with E-state index < -0.39 is 0 Å². The van der Waals surface area contributed by atoms with Crippen molar-refractivity contribution >= 4 is 17.5 Å².